The molecule has 32 heavy (non-hydrogen) atoms. The Morgan fingerprint density at radius 2 is 1.66 bits per heavy atom. The molecular weight excluding hydrogens is 430 g/mol. The minimum absolute atomic E-state index is 0.0484. The fourth-order valence-electron chi connectivity index (χ4n) is 4.24. The molecule has 0 aromatic heterocycles. The Morgan fingerprint density at radius 1 is 1.06 bits per heavy atom. The number of piperidine rings is 1. The molecule has 2 unspecified atom stereocenters. The van der Waals surface area contributed by atoms with E-state index in [2.05, 4.69) is 5.32 Å². The first-order chi connectivity index (χ1) is 14.9. The number of ether oxygens (including phenoxy) is 1. The van der Waals surface area contributed by atoms with Crippen molar-refractivity contribution in [3.8, 4) is 0 Å². The lowest BCUT2D eigenvalue weighted by molar-refractivity contribution is -0.140. The van der Waals surface area contributed by atoms with Gasteiger partial charge in [0.2, 0.25) is 15.9 Å². The van der Waals surface area contributed by atoms with Crippen LogP contribution < -0.4 is 5.32 Å². The number of nitrogens with zero attached hydrogens (tertiary/aromatic N) is 2. The second-order valence-electron chi connectivity index (χ2n) is 9.90. The lowest BCUT2D eigenvalue weighted by Crippen LogP contribution is -2.49. The number of nitrogens with one attached hydrogen (secondary N) is 1. The molecular formula is C23H35N3O5S. The van der Waals surface area contributed by atoms with Gasteiger partial charge in [-0.3, -0.25) is 9.59 Å². The first-order valence-electron chi connectivity index (χ1n) is 11.2. The fourth-order valence-corrected chi connectivity index (χ4v) is 5.88. The standard InChI is InChI=1S/C23H35N3O5S/c1-16-14-26(15-17(2)31-16)32(29,30)20-8-6-7-18(13-20)21(27)24-19-9-11-25(12-10-19)22(28)23(3,4)5/h6-8,13,16-17,19H,9-12,14-15H2,1-5H3,(H,24,27). The molecule has 9 heteroatoms. The number of likely N-dealkylation sites (tertiary alicyclic amines) is 1. The highest BCUT2D eigenvalue weighted by Gasteiger charge is 2.33. The van der Waals surface area contributed by atoms with Gasteiger partial charge in [-0.25, -0.2) is 8.42 Å². The normalized spacial score (nSPS) is 23.7. The van der Waals surface area contributed by atoms with Crippen molar-refractivity contribution >= 4 is 21.8 Å². The second-order valence-corrected chi connectivity index (χ2v) is 11.8. The van der Waals surface area contributed by atoms with Crippen molar-refractivity contribution in [3.05, 3.63) is 29.8 Å². The van der Waals surface area contributed by atoms with Crippen LogP contribution in [0.2, 0.25) is 0 Å². The summed E-state index contributed by atoms with van der Waals surface area (Å²) in [6.07, 6.45) is 0.983. The van der Waals surface area contributed by atoms with Crippen LogP contribution in [-0.4, -0.2) is 73.9 Å². The zero-order valence-corrected chi connectivity index (χ0v) is 20.4. The van der Waals surface area contributed by atoms with Gasteiger partial charge in [-0.15, -0.1) is 0 Å². The molecule has 2 amide bonds. The van der Waals surface area contributed by atoms with Gasteiger partial charge in [0.1, 0.15) is 0 Å². The predicted octanol–water partition coefficient (Wildman–Crippen LogP) is 2.25. The van der Waals surface area contributed by atoms with Crippen LogP contribution in [0.25, 0.3) is 0 Å². The van der Waals surface area contributed by atoms with E-state index < -0.39 is 15.4 Å². The van der Waals surface area contributed by atoms with E-state index in [-0.39, 0.29) is 48.0 Å². The molecule has 2 aliphatic heterocycles. The smallest absolute Gasteiger partial charge is 0.251 e. The third kappa shape index (κ3) is 5.68. The molecule has 178 valence electrons. The van der Waals surface area contributed by atoms with Gasteiger partial charge < -0.3 is 15.0 Å². The van der Waals surface area contributed by atoms with Gasteiger partial charge in [0, 0.05) is 43.2 Å². The SMILES string of the molecule is CC1CN(S(=O)(=O)c2cccc(C(=O)NC3CCN(C(=O)C(C)(C)C)CC3)c2)CC(C)O1. The maximum absolute atomic E-state index is 13.1. The highest BCUT2D eigenvalue weighted by atomic mass is 32.2. The van der Waals surface area contributed by atoms with Crippen molar-refractivity contribution in [3.63, 3.8) is 0 Å². The van der Waals surface area contributed by atoms with E-state index in [1.54, 1.807) is 12.1 Å². The molecule has 2 saturated heterocycles. The van der Waals surface area contributed by atoms with E-state index in [4.69, 9.17) is 4.74 Å². The number of morpholine rings is 1. The summed E-state index contributed by atoms with van der Waals surface area (Å²) >= 11 is 0. The van der Waals surface area contributed by atoms with Crippen LogP contribution in [-0.2, 0) is 19.6 Å². The molecule has 2 atom stereocenters. The van der Waals surface area contributed by atoms with Gasteiger partial charge in [-0.05, 0) is 44.9 Å². The molecule has 0 aliphatic carbocycles. The maximum atomic E-state index is 13.1. The van der Waals surface area contributed by atoms with Crippen LogP contribution in [0, 0.1) is 5.41 Å². The van der Waals surface area contributed by atoms with E-state index in [9.17, 15) is 18.0 Å². The second kappa shape index (κ2) is 9.49. The monoisotopic (exact) mass is 465 g/mol. The summed E-state index contributed by atoms with van der Waals surface area (Å²) < 4.78 is 33.3. The van der Waals surface area contributed by atoms with Gasteiger partial charge in [0.15, 0.2) is 0 Å². The Kier molecular flexibility index (Phi) is 7.31. The van der Waals surface area contributed by atoms with Crippen molar-refractivity contribution in [2.45, 2.75) is 70.6 Å². The molecule has 0 spiro atoms. The topological polar surface area (TPSA) is 96.0 Å². The number of benzene rings is 1. The van der Waals surface area contributed by atoms with Crippen molar-refractivity contribution in [2.24, 2.45) is 5.41 Å². The van der Waals surface area contributed by atoms with Gasteiger partial charge in [0.25, 0.3) is 5.91 Å². The minimum Gasteiger partial charge on any atom is -0.373 e. The summed E-state index contributed by atoms with van der Waals surface area (Å²) in [5.41, 5.74) is -0.105. The molecule has 0 bridgehead atoms. The van der Waals surface area contributed by atoms with Crippen LogP contribution in [0.1, 0.15) is 57.8 Å². The molecule has 2 heterocycles. The Bertz CT molecular complexity index is 939. The van der Waals surface area contributed by atoms with Crippen molar-refractivity contribution in [1.29, 1.82) is 0 Å². The third-order valence-corrected chi connectivity index (χ3v) is 7.71. The maximum Gasteiger partial charge on any atom is 0.251 e. The van der Waals surface area contributed by atoms with E-state index in [1.165, 1.54) is 16.4 Å². The Hall–Kier alpha value is -1.97. The summed E-state index contributed by atoms with van der Waals surface area (Å²) in [6.45, 7) is 11.2. The summed E-state index contributed by atoms with van der Waals surface area (Å²) in [4.78, 5) is 27.2. The number of hydrogen-bond acceptors (Lipinski definition) is 5. The van der Waals surface area contributed by atoms with Gasteiger partial charge in [-0.1, -0.05) is 26.8 Å². The van der Waals surface area contributed by atoms with E-state index >= 15 is 0 Å². The van der Waals surface area contributed by atoms with E-state index in [0.717, 1.165) is 0 Å². The number of hydrogen-bond donors (Lipinski definition) is 1. The highest BCUT2D eigenvalue weighted by Crippen LogP contribution is 2.23. The fraction of sp³-hybridized carbons (Fsp3) is 0.652. The summed E-state index contributed by atoms with van der Waals surface area (Å²) in [5, 5.41) is 3.00. The lowest BCUT2D eigenvalue weighted by Gasteiger charge is -2.36. The Morgan fingerprint density at radius 3 is 2.22 bits per heavy atom. The highest BCUT2D eigenvalue weighted by molar-refractivity contribution is 7.89. The third-order valence-electron chi connectivity index (χ3n) is 5.88. The van der Waals surface area contributed by atoms with Crippen LogP contribution in [0.5, 0.6) is 0 Å². The average molecular weight is 466 g/mol. The molecule has 2 aliphatic rings. The van der Waals surface area contributed by atoms with Gasteiger partial charge in [-0.2, -0.15) is 4.31 Å². The van der Waals surface area contributed by atoms with E-state index in [0.29, 0.717) is 31.5 Å². The zero-order valence-electron chi connectivity index (χ0n) is 19.6. The molecule has 0 radical (unpaired) electrons. The largest absolute Gasteiger partial charge is 0.373 e. The summed E-state index contributed by atoms with van der Waals surface area (Å²) in [7, 11) is -3.72. The van der Waals surface area contributed by atoms with Crippen LogP contribution in [0.3, 0.4) is 0 Å². The first-order valence-corrected chi connectivity index (χ1v) is 12.7. The molecule has 0 saturated carbocycles. The molecule has 2 fully saturated rings. The average Bonchev–Trinajstić information content (AvgIpc) is 2.72. The van der Waals surface area contributed by atoms with E-state index in [1.807, 2.05) is 39.5 Å². The van der Waals surface area contributed by atoms with Gasteiger partial charge >= 0.3 is 0 Å². The number of carbonyl (C=O) groups excluding carboxylic acids is 2. The van der Waals surface area contributed by atoms with Gasteiger partial charge in [0.05, 0.1) is 17.1 Å². The first kappa shape index (κ1) is 24.7. The van der Waals surface area contributed by atoms with Crippen molar-refractivity contribution < 1.29 is 22.7 Å². The van der Waals surface area contributed by atoms with Crippen molar-refractivity contribution in [2.75, 3.05) is 26.2 Å². The molecule has 1 aromatic carbocycles. The van der Waals surface area contributed by atoms with Crippen LogP contribution >= 0.6 is 0 Å². The Balaban J connectivity index is 1.64. The quantitative estimate of drug-likeness (QED) is 0.736. The summed E-state index contributed by atoms with van der Waals surface area (Å²) in [6, 6.07) is 6.13. The lowest BCUT2D eigenvalue weighted by atomic mass is 9.93. The van der Waals surface area contributed by atoms with Crippen LogP contribution in [0.4, 0.5) is 0 Å². The number of carbonyl (C=O) groups is 2. The molecule has 3 rings (SSSR count). The number of rotatable bonds is 4. The minimum atomic E-state index is -3.72. The number of amides is 2. The summed E-state index contributed by atoms with van der Waals surface area (Å²) in [5.74, 6) is -0.182. The predicted molar refractivity (Wildman–Crippen MR) is 122 cm³/mol. The van der Waals surface area contributed by atoms with Crippen LogP contribution in [0.15, 0.2) is 29.2 Å². The molecule has 8 nitrogen and oxygen atoms in total. The molecule has 1 aromatic rings. The molecule has 1 N–H and O–H groups in total. The van der Waals surface area contributed by atoms with Crippen molar-refractivity contribution in [1.82, 2.24) is 14.5 Å². The number of sulfonamides is 1. The zero-order chi connectivity index (χ0) is 23.7. The Labute approximate surface area is 191 Å².